The Labute approximate surface area is 117 Å². The number of aromatic nitrogens is 5. The summed E-state index contributed by atoms with van der Waals surface area (Å²) in [7, 11) is 1.83. The first-order valence-corrected chi connectivity index (χ1v) is 6.55. The molecule has 0 saturated heterocycles. The summed E-state index contributed by atoms with van der Waals surface area (Å²) < 4.78 is 1.72. The minimum absolute atomic E-state index is 0.0420. The van der Waals surface area contributed by atoms with E-state index in [0.29, 0.717) is 24.4 Å². The zero-order valence-electron chi connectivity index (χ0n) is 11.7. The minimum Gasteiger partial charge on any atom is -0.395 e. The molecule has 0 aromatic carbocycles. The van der Waals surface area contributed by atoms with Crippen molar-refractivity contribution in [1.82, 2.24) is 24.5 Å². The Hall–Kier alpha value is -2.22. The Morgan fingerprint density at radius 3 is 2.85 bits per heavy atom. The van der Waals surface area contributed by atoms with Crippen LogP contribution in [-0.4, -0.2) is 56.4 Å². The summed E-state index contributed by atoms with van der Waals surface area (Å²) in [5.41, 5.74) is 0. The van der Waals surface area contributed by atoms with Crippen molar-refractivity contribution in [2.75, 3.05) is 37.0 Å². The molecule has 0 aliphatic heterocycles. The maximum atomic E-state index is 9.02. The van der Waals surface area contributed by atoms with Gasteiger partial charge in [0.05, 0.1) is 6.61 Å². The summed E-state index contributed by atoms with van der Waals surface area (Å²) in [4.78, 5) is 18.8. The van der Waals surface area contributed by atoms with Crippen molar-refractivity contribution in [2.45, 2.75) is 13.3 Å². The Balaban J connectivity index is 2.33. The fourth-order valence-electron chi connectivity index (χ4n) is 1.58. The van der Waals surface area contributed by atoms with E-state index in [1.807, 2.05) is 7.05 Å². The molecule has 2 N–H and O–H groups in total. The average Bonchev–Trinajstić information content (AvgIpc) is 2.99. The summed E-state index contributed by atoms with van der Waals surface area (Å²) >= 11 is 0. The van der Waals surface area contributed by atoms with Crippen LogP contribution in [0.2, 0.25) is 0 Å². The van der Waals surface area contributed by atoms with E-state index in [0.717, 1.165) is 13.0 Å². The zero-order chi connectivity index (χ0) is 14.4. The van der Waals surface area contributed by atoms with E-state index in [2.05, 4.69) is 32.2 Å². The zero-order valence-corrected chi connectivity index (χ0v) is 11.7. The summed E-state index contributed by atoms with van der Waals surface area (Å²) in [5, 5.41) is 12.2. The van der Waals surface area contributed by atoms with E-state index in [4.69, 9.17) is 5.11 Å². The molecule has 108 valence electrons. The second-order valence-corrected chi connectivity index (χ2v) is 4.30. The predicted molar refractivity (Wildman–Crippen MR) is 76.1 cm³/mol. The topological polar surface area (TPSA) is 92.0 Å². The normalized spacial score (nSPS) is 10.6. The van der Waals surface area contributed by atoms with Crippen LogP contribution in [0.5, 0.6) is 0 Å². The van der Waals surface area contributed by atoms with Crippen molar-refractivity contribution in [2.24, 2.45) is 0 Å². The Bertz CT molecular complexity index is 529. The fraction of sp³-hybridized carbons (Fsp3) is 0.500. The van der Waals surface area contributed by atoms with Gasteiger partial charge >= 0.3 is 0 Å². The number of likely N-dealkylation sites (N-methyl/N-ethyl adjacent to an activating group) is 1. The minimum atomic E-state index is 0.0420. The van der Waals surface area contributed by atoms with Crippen LogP contribution in [0, 0.1) is 0 Å². The molecule has 0 radical (unpaired) electrons. The highest BCUT2D eigenvalue weighted by atomic mass is 16.3. The molecule has 0 bridgehead atoms. The first kappa shape index (κ1) is 14.2. The number of anilines is 2. The van der Waals surface area contributed by atoms with E-state index in [1.165, 1.54) is 0 Å². The molecule has 0 aliphatic carbocycles. The Morgan fingerprint density at radius 1 is 1.35 bits per heavy atom. The second kappa shape index (κ2) is 6.80. The summed E-state index contributed by atoms with van der Waals surface area (Å²) in [5.74, 6) is 1.53. The molecule has 2 heterocycles. The van der Waals surface area contributed by atoms with Gasteiger partial charge in [-0.2, -0.15) is 15.0 Å². The van der Waals surface area contributed by atoms with Gasteiger partial charge in [-0.3, -0.25) is 4.57 Å². The van der Waals surface area contributed by atoms with E-state index in [9.17, 15) is 0 Å². The molecule has 0 aliphatic rings. The molecule has 2 rings (SSSR count). The fourth-order valence-corrected chi connectivity index (χ4v) is 1.58. The molecule has 8 heteroatoms. The van der Waals surface area contributed by atoms with Gasteiger partial charge < -0.3 is 15.3 Å². The van der Waals surface area contributed by atoms with Crippen molar-refractivity contribution < 1.29 is 5.11 Å². The lowest BCUT2D eigenvalue weighted by atomic mass is 10.5. The second-order valence-electron chi connectivity index (χ2n) is 4.30. The van der Waals surface area contributed by atoms with Gasteiger partial charge in [-0.05, 0) is 6.42 Å². The lowest BCUT2D eigenvalue weighted by molar-refractivity contribution is 0.303. The van der Waals surface area contributed by atoms with Crippen molar-refractivity contribution in [3.63, 3.8) is 0 Å². The van der Waals surface area contributed by atoms with Gasteiger partial charge in [0, 0.05) is 32.5 Å². The molecule has 0 fully saturated rings. The number of hydrogen-bond acceptors (Lipinski definition) is 7. The van der Waals surface area contributed by atoms with E-state index in [-0.39, 0.29) is 6.61 Å². The van der Waals surface area contributed by atoms with Gasteiger partial charge in [-0.15, -0.1) is 0 Å². The van der Waals surface area contributed by atoms with E-state index >= 15 is 0 Å². The number of imidazole rings is 1. The van der Waals surface area contributed by atoms with Crippen LogP contribution in [-0.2, 0) is 0 Å². The first-order valence-electron chi connectivity index (χ1n) is 6.55. The van der Waals surface area contributed by atoms with E-state index < -0.39 is 0 Å². The number of aliphatic hydroxyl groups excluding tert-OH is 1. The van der Waals surface area contributed by atoms with Gasteiger partial charge in [0.2, 0.25) is 17.8 Å². The SMILES string of the molecule is CCCNc1nc(N(C)CCO)nc(-n2ccnc2)n1. The van der Waals surface area contributed by atoms with Crippen LogP contribution < -0.4 is 10.2 Å². The summed E-state index contributed by atoms with van der Waals surface area (Å²) in [6, 6.07) is 0. The number of nitrogens with zero attached hydrogens (tertiary/aromatic N) is 6. The quantitative estimate of drug-likeness (QED) is 0.752. The van der Waals surface area contributed by atoms with Crippen LogP contribution in [0.15, 0.2) is 18.7 Å². The monoisotopic (exact) mass is 277 g/mol. The van der Waals surface area contributed by atoms with E-state index in [1.54, 1.807) is 28.2 Å². The van der Waals surface area contributed by atoms with Gasteiger partial charge in [0.1, 0.15) is 6.33 Å². The maximum absolute atomic E-state index is 9.02. The third-order valence-corrected chi connectivity index (χ3v) is 2.66. The maximum Gasteiger partial charge on any atom is 0.241 e. The van der Waals surface area contributed by atoms with Crippen molar-refractivity contribution in [3.05, 3.63) is 18.7 Å². The van der Waals surface area contributed by atoms with Crippen LogP contribution in [0.25, 0.3) is 5.95 Å². The molecule has 0 saturated carbocycles. The molecule has 2 aromatic rings. The molecule has 0 atom stereocenters. The lowest BCUT2D eigenvalue weighted by Crippen LogP contribution is -2.25. The third kappa shape index (κ3) is 3.41. The molecule has 0 spiro atoms. The average molecular weight is 277 g/mol. The smallest absolute Gasteiger partial charge is 0.241 e. The van der Waals surface area contributed by atoms with Gasteiger partial charge in [0.25, 0.3) is 0 Å². The first-order chi connectivity index (χ1) is 9.74. The number of aliphatic hydroxyl groups is 1. The lowest BCUT2D eigenvalue weighted by Gasteiger charge is -2.17. The number of nitrogens with one attached hydrogen (secondary N) is 1. The standard InChI is InChI=1S/C12H19N7O/c1-3-4-14-10-15-11(18(2)7-8-20)17-12(16-10)19-6-5-13-9-19/h5-6,9,20H,3-4,7-8H2,1-2H3,(H,14,15,16,17). The molecule has 0 unspecified atom stereocenters. The van der Waals surface area contributed by atoms with Crippen LogP contribution in [0.3, 0.4) is 0 Å². The summed E-state index contributed by atoms with van der Waals surface area (Å²) in [6.07, 6.45) is 6.05. The largest absolute Gasteiger partial charge is 0.395 e. The number of hydrogen-bond donors (Lipinski definition) is 2. The van der Waals surface area contributed by atoms with Gasteiger partial charge in [-0.1, -0.05) is 6.92 Å². The van der Waals surface area contributed by atoms with Crippen LogP contribution >= 0.6 is 0 Å². The molecule has 2 aromatic heterocycles. The van der Waals surface area contributed by atoms with Crippen LogP contribution in [0.4, 0.5) is 11.9 Å². The highest BCUT2D eigenvalue weighted by molar-refractivity contribution is 5.39. The predicted octanol–water partition coefficient (Wildman–Crippen LogP) is 0.308. The third-order valence-electron chi connectivity index (χ3n) is 2.66. The Morgan fingerprint density at radius 2 is 2.20 bits per heavy atom. The molecule has 20 heavy (non-hydrogen) atoms. The van der Waals surface area contributed by atoms with Crippen molar-refractivity contribution >= 4 is 11.9 Å². The highest BCUT2D eigenvalue weighted by Crippen LogP contribution is 2.12. The van der Waals surface area contributed by atoms with Crippen molar-refractivity contribution in [3.8, 4) is 5.95 Å². The molecule has 0 amide bonds. The van der Waals surface area contributed by atoms with Gasteiger partial charge in [-0.25, -0.2) is 4.98 Å². The Kier molecular flexibility index (Phi) is 4.83. The highest BCUT2D eigenvalue weighted by Gasteiger charge is 2.11. The summed E-state index contributed by atoms with van der Waals surface area (Å²) in [6.45, 7) is 3.36. The number of rotatable bonds is 7. The van der Waals surface area contributed by atoms with Crippen LogP contribution in [0.1, 0.15) is 13.3 Å². The van der Waals surface area contributed by atoms with Gasteiger partial charge in [0.15, 0.2) is 0 Å². The molecular formula is C12H19N7O. The molecular weight excluding hydrogens is 258 g/mol. The van der Waals surface area contributed by atoms with Crippen molar-refractivity contribution in [1.29, 1.82) is 0 Å². The molecule has 8 nitrogen and oxygen atoms in total.